The van der Waals surface area contributed by atoms with Crippen molar-refractivity contribution in [3.05, 3.63) is 34.1 Å². The number of nitrogens with zero attached hydrogens (tertiary/aromatic N) is 1. The molecule has 2 nitrogen and oxygen atoms in total. The van der Waals surface area contributed by atoms with Crippen molar-refractivity contribution < 1.29 is 4.39 Å². The van der Waals surface area contributed by atoms with E-state index in [0.717, 1.165) is 36.2 Å². The van der Waals surface area contributed by atoms with Crippen molar-refractivity contribution >= 4 is 15.9 Å². The Balaban J connectivity index is 2.07. The fraction of sp³-hybridized carbons (Fsp3) is 0.500. The summed E-state index contributed by atoms with van der Waals surface area (Å²) in [5, 5.41) is 3.35. The third kappa shape index (κ3) is 3.03. The molecule has 2 rings (SSSR count). The van der Waals surface area contributed by atoms with Gasteiger partial charge in [-0.3, -0.25) is 4.90 Å². The zero-order chi connectivity index (χ0) is 11.5. The zero-order valence-corrected chi connectivity index (χ0v) is 10.9. The summed E-state index contributed by atoms with van der Waals surface area (Å²) < 4.78 is 14.0. The minimum absolute atomic E-state index is 0.174. The van der Waals surface area contributed by atoms with Crippen molar-refractivity contribution in [3.63, 3.8) is 0 Å². The van der Waals surface area contributed by atoms with E-state index in [-0.39, 0.29) is 5.82 Å². The standard InChI is InChI=1S/C12H16BrFN2/c1-9-7-15-2-3-16(9)8-10-4-11(13)6-12(14)5-10/h4-6,9,15H,2-3,7-8H2,1H3/t9-/m1/s1. The maximum absolute atomic E-state index is 13.2. The molecular weight excluding hydrogens is 271 g/mol. The van der Waals surface area contributed by atoms with Crippen molar-refractivity contribution in [1.29, 1.82) is 0 Å². The molecule has 0 amide bonds. The SMILES string of the molecule is C[C@@H]1CNCCN1Cc1cc(F)cc(Br)c1. The molecule has 0 spiro atoms. The van der Waals surface area contributed by atoms with E-state index in [9.17, 15) is 4.39 Å². The molecule has 4 heteroatoms. The molecule has 0 unspecified atom stereocenters. The van der Waals surface area contributed by atoms with Gasteiger partial charge in [0.05, 0.1) is 0 Å². The summed E-state index contributed by atoms with van der Waals surface area (Å²) in [5.74, 6) is -0.174. The fourth-order valence-electron chi connectivity index (χ4n) is 2.05. The Morgan fingerprint density at radius 1 is 1.50 bits per heavy atom. The number of hydrogen-bond acceptors (Lipinski definition) is 2. The van der Waals surface area contributed by atoms with Crippen molar-refractivity contribution in [3.8, 4) is 0 Å². The second-order valence-electron chi connectivity index (χ2n) is 4.30. The van der Waals surface area contributed by atoms with Crippen LogP contribution in [0.25, 0.3) is 0 Å². The summed E-state index contributed by atoms with van der Waals surface area (Å²) in [6.45, 7) is 6.06. The van der Waals surface area contributed by atoms with E-state index in [1.165, 1.54) is 6.07 Å². The minimum Gasteiger partial charge on any atom is -0.314 e. The molecule has 1 N–H and O–H groups in total. The predicted molar refractivity (Wildman–Crippen MR) is 66.8 cm³/mol. The average Bonchev–Trinajstić information content (AvgIpc) is 2.20. The molecule has 1 saturated heterocycles. The molecule has 1 aromatic rings. The van der Waals surface area contributed by atoms with Crippen molar-refractivity contribution in [2.45, 2.75) is 19.5 Å². The van der Waals surface area contributed by atoms with Gasteiger partial charge < -0.3 is 5.32 Å². The average molecular weight is 287 g/mol. The van der Waals surface area contributed by atoms with E-state index < -0.39 is 0 Å². The van der Waals surface area contributed by atoms with Crippen LogP contribution in [0.2, 0.25) is 0 Å². The van der Waals surface area contributed by atoms with Gasteiger partial charge in [0.25, 0.3) is 0 Å². The van der Waals surface area contributed by atoms with E-state index in [0.29, 0.717) is 6.04 Å². The lowest BCUT2D eigenvalue weighted by atomic mass is 10.1. The van der Waals surface area contributed by atoms with Gasteiger partial charge in [0.2, 0.25) is 0 Å². The number of hydrogen-bond donors (Lipinski definition) is 1. The van der Waals surface area contributed by atoms with Gasteiger partial charge in [0.15, 0.2) is 0 Å². The Morgan fingerprint density at radius 3 is 3.00 bits per heavy atom. The van der Waals surface area contributed by atoms with Gasteiger partial charge >= 0.3 is 0 Å². The van der Waals surface area contributed by atoms with Crippen LogP contribution in [-0.2, 0) is 6.54 Å². The summed E-state index contributed by atoms with van der Waals surface area (Å²) in [4.78, 5) is 2.37. The van der Waals surface area contributed by atoms with Crippen molar-refractivity contribution in [2.24, 2.45) is 0 Å². The molecule has 1 atom stereocenters. The predicted octanol–water partition coefficient (Wildman–Crippen LogP) is 2.38. The third-order valence-electron chi connectivity index (χ3n) is 2.95. The van der Waals surface area contributed by atoms with Gasteiger partial charge in [0.1, 0.15) is 5.82 Å². The summed E-state index contributed by atoms with van der Waals surface area (Å²) >= 11 is 3.32. The highest BCUT2D eigenvalue weighted by Gasteiger charge is 2.17. The molecule has 1 heterocycles. The summed E-state index contributed by atoms with van der Waals surface area (Å²) in [6.07, 6.45) is 0. The van der Waals surface area contributed by atoms with E-state index in [1.807, 2.05) is 6.07 Å². The van der Waals surface area contributed by atoms with Crippen molar-refractivity contribution in [1.82, 2.24) is 10.2 Å². The number of halogens is 2. The van der Waals surface area contributed by atoms with Crippen LogP contribution in [0.3, 0.4) is 0 Å². The van der Waals surface area contributed by atoms with Crippen LogP contribution in [0, 0.1) is 5.82 Å². The number of benzene rings is 1. The van der Waals surface area contributed by atoms with E-state index >= 15 is 0 Å². The zero-order valence-electron chi connectivity index (χ0n) is 9.34. The summed E-state index contributed by atoms with van der Waals surface area (Å²) in [6, 6.07) is 5.60. The molecule has 1 aliphatic heterocycles. The molecule has 16 heavy (non-hydrogen) atoms. The number of rotatable bonds is 2. The minimum atomic E-state index is -0.174. The first-order valence-corrected chi connectivity index (χ1v) is 6.34. The van der Waals surface area contributed by atoms with Crippen LogP contribution >= 0.6 is 15.9 Å². The van der Waals surface area contributed by atoms with Crippen LogP contribution in [0.15, 0.2) is 22.7 Å². The van der Waals surface area contributed by atoms with Crippen LogP contribution in [0.1, 0.15) is 12.5 Å². The molecule has 1 aromatic carbocycles. The Morgan fingerprint density at radius 2 is 2.31 bits per heavy atom. The second-order valence-corrected chi connectivity index (χ2v) is 5.22. The number of nitrogens with one attached hydrogen (secondary N) is 1. The van der Waals surface area contributed by atoms with Crippen LogP contribution in [-0.4, -0.2) is 30.6 Å². The van der Waals surface area contributed by atoms with Crippen LogP contribution < -0.4 is 5.32 Å². The number of piperazine rings is 1. The van der Waals surface area contributed by atoms with Crippen LogP contribution in [0.5, 0.6) is 0 Å². The molecule has 1 fully saturated rings. The topological polar surface area (TPSA) is 15.3 Å². The summed E-state index contributed by atoms with van der Waals surface area (Å²) in [5.41, 5.74) is 1.03. The van der Waals surface area contributed by atoms with Crippen LogP contribution in [0.4, 0.5) is 4.39 Å². The second kappa shape index (κ2) is 5.25. The quantitative estimate of drug-likeness (QED) is 0.898. The van der Waals surface area contributed by atoms with Gasteiger partial charge in [-0.2, -0.15) is 0 Å². The largest absolute Gasteiger partial charge is 0.314 e. The molecule has 0 aromatic heterocycles. The third-order valence-corrected chi connectivity index (χ3v) is 3.40. The molecule has 0 radical (unpaired) electrons. The lowest BCUT2D eigenvalue weighted by molar-refractivity contribution is 0.165. The normalized spacial score (nSPS) is 22.3. The molecular formula is C12H16BrFN2. The van der Waals surface area contributed by atoms with Gasteiger partial charge in [-0.15, -0.1) is 0 Å². The Hall–Kier alpha value is -0.450. The molecule has 88 valence electrons. The smallest absolute Gasteiger partial charge is 0.124 e. The maximum atomic E-state index is 13.2. The van der Waals surface area contributed by atoms with Gasteiger partial charge in [-0.25, -0.2) is 4.39 Å². The first-order valence-electron chi connectivity index (χ1n) is 5.55. The van der Waals surface area contributed by atoms with Gasteiger partial charge in [0, 0.05) is 36.7 Å². The molecule has 0 saturated carbocycles. The molecule has 0 aliphatic carbocycles. The molecule has 0 bridgehead atoms. The van der Waals surface area contributed by atoms with E-state index in [4.69, 9.17) is 0 Å². The Labute approximate surface area is 104 Å². The molecule has 1 aliphatic rings. The lowest BCUT2D eigenvalue weighted by Crippen LogP contribution is -2.49. The van der Waals surface area contributed by atoms with E-state index in [1.54, 1.807) is 6.07 Å². The van der Waals surface area contributed by atoms with Crippen molar-refractivity contribution in [2.75, 3.05) is 19.6 Å². The van der Waals surface area contributed by atoms with E-state index in [2.05, 4.69) is 33.1 Å². The highest BCUT2D eigenvalue weighted by atomic mass is 79.9. The first kappa shape index (κ1) is 12.0. The lowest BCUT2D eigenvalue weighted by Gasteiger charge is -2.33. The van der Waals surface area contributed by atoms with Gasteiger partial charge in [-0.1, -0.05) is 15.9 Å². The van der Waals surface area contributed by atoms with Gasteiger partial charge in [-0.05, 0) is 30.7 Å². The highest BCUT2D eigenvalue weighted by molar-refractivity contribution is 9.10. The highest BCUT2D eigenvalue weighted by Crippen LogP contribution is 2.17. The monoisotopic (exact) mass is 286 g/mol. The summed E-state index contributed by atoms with van der Waals surface area (Å²) in [7, 11) is 0. The fourth-order valence-corrected chi connectivity index (χ4v) is 2.57. The Bertz CT molecular complexity index is 350. The Kier molecular flexibility index (Phi) is 3.95. The maximum Gasteiger partial charge on any atom is 0.124 e. The first-order chi connectivity index (χ1) is 7.65.